The SMILES string of the molecule is NCc1csc(S(=O)(=O)NCCn2cccn2)c1. The van der Waals surface area contributed by atoms with Crippen molar-refractivity contribution in [1.82, 2.24) is 14.5 Å². The Morgan fingerprint density at radius 2 is 2.33 bits per heavy atom. The van der Waals surface area contributed by atoms with Crippen molar-refractivity contribution in [2.45, 2.75) is 17.3 Å². The molecule has 0 unspecified atom stereocenters. The molecule has 2 rings (SSSR count). The first-order valence-corrected chi connectivity index (χ1v) is 7.72. The van der Waals surface area contributed by atoms with Crippen LogP contribution in [0.25, 0.3) is 0 Å². The number of aromatic nitrogens is 2. The van der Waals surface area contributed by atoms with E-state index in [0.29, 0.717) is 23.8 Å². The van der Waals surface area contributed by atoms with Crippen LogP contribution in [-0.2, 0) is 23.1 Å². The summed E-state index contributed by atoms with van der Waals surface area (Å²) >= 11 is 1.18. The third-order valence-electron chi connectivity index (χ3n) is 2.32. The minimum absolute atomic E-state index is 0.295. The van der Waals surface area contributed by atoms with Crippen LogP contribution in [0, 0.1) is 0 Å². The Labute approximate surface area is 109 Å². The molecule has 0 aliphatic carbocycles. The van der Waals surface area contributed by atoms with Crippen molar-refractivity contribution in [3.05, 3.63) is 35.5 Å². The van der Waals surface area contributed by atoms with Gasteiger partial charge in [-0.1, -0.05) is 0 Å². The van der Waals surface area contributed by atoms with E-state index in [4.69, 9.17) is 5.73 Å². The van der Waals surface area contributed by atoms with Gasteiger partial charge in [0, 0.05) is 25.5 Å². The lowest BCUT2D eigenvalue weighted by Crippen LogP contribution is -2.27. The second kappa shape index (κ2) is 5.61. The highest BCUT2D eigenvalue weighted by Crippen LogP contribution is 2.19. The van der Waals surface area contributed by atoms with E-state index >= 15 is 0 Å². The largest absolute Gasteiger partial charge is 0.326 e. The van der Waals surface area contributed by atoms with Gasteiger partial charge in [0.2, 0.25) is 10.0 Å². The number of thiophene rings is 1. The van der Waals surface area contributed by atoms with Gasteiger partial charge in [-0.3, -0.25) is 4.68 Å². The summed E-state index contributed by atoms with van der Waals surface area (Å²) < 4.78 is 28.3. The zero-order valence-electron chi connectivity index (χ0n) is 9.61. The van der Waals surface area contributed by atoms with Crippen LogP contribution >= 0.6 is 11.3 Å². The third kappa shape index (κ3) is 3.16. The van der Waals surface area contributed by atoms with Gasteiger partial charge in [0.25, 0.3) is 0 Å². The molecule has 0 bridgehead atoms. The summed E-state index contributed by atoms with van der Waals surface area (Å²) in [7, 11) is -3.43. The van der Waals surface area contributed by atoms with Gasteiger partial charge in [-0.15, -0.1) is 11.3 Å². The molecule has 0 aliphatic heterocycles. The molecule has 0 saturated heterocycles. The number of hydrogen-bond acceptors (Lipinski definition) is 5. The fraction of sp³-hybridized carbons (Fsp3) is 0.300. The summed E-state index contributed by atoms with van der Waals surface area (Å²) in [5.41, 5.74) is 6.28. The van der Waals surface area contributed by atoms with Gasteiger partial charge in [-0.25, -0.2) is 13.1 Å². The van der Waals surface area contributed by atoms with E-state index in [1.165, 1.54) is 11.3 Å². The van der Waals surface area contributed by atoms with Gasteiger partial charge in [-0.2, -0.15) is 5.10 Å². The van der Waals surface area contributed by atoms with E-state index in [0.717, 1.165) is 5.56 Å². The van der Waals surface area contributed by atoms with E-state index in [1.54, 1.807) is 34.6 Å². The lowest BCUT2D eigenvalue weighted by molar-refractivity contribution is 0.562. The molecule has 3 N–H and O–H groups in total. The van der Waals surface area contributed by atoms with Gasteiger partial charge in [0.15, 0.2) is 0 Å². The lowest BCUT2D eigenvalue weighted by Gasteiger charge is -2.04. The van der Waals surface area contributed by atoms with Crippen molar-refractivity contribution in [1.29, 1.82) is 0 Å². The molecule has 98 valence electrons. The molecule has 0 atom stereocenters. The molecule has 2 aromatic heterocycles. The highest BCUT2D eigenvalue weighted by atomic mass is 32.2. The molecule has 0 amide bonds. The molecule has 0 radical (unpaired) electrons. The predicted molar refractivity (Wildman–Crippen MR) is 69.6 cm³/mol. The summed E-state index contributed by atoms with van der Waals surface area (Å²) in [5, 5.41) is 5.75. The number of nitrogens with two attached hydrogens (primary N) is 1. The first-order valence-electron chi connectivity index (χ1n) is 5.36. The first-order chi connectivity index (χ1) is 8.62. The zero-order valence-corrected chi connectivity index (χ0v) is 11.2. The average Bonchev–Trinajstić information content (AvgIpc) is 2.99. The van der Waals surface area contributed by atoms with Crippen molar-refractivity contribution >= 4 is 21.4 Å². The maximum atomic E-state index is 11.9. The second-order valence-electron chi connectivity index (χ2n) is 3.65. The molecular formula is C10H14N4O2S2. The maximum absolute atomic E-state index is 11.9. The van der Waals surface area contributed by atoms with Crippen molar-refractivity contribution in [2.75, 3.05) is 6.54 Å². The summed E-state index contributed by atoms with van der Waals surface area (Å²) in [5.74, 6) is 0. The number of hydrogen-bond donors (Lipinski definition) is 2. The molecule has 0 aromatic carbocycles. The lowest BCUT2D eigenvalue weighted by atomic mass is 10.4. The van der Waals surface area contributed by atoms with Crippen LogP contribution in [0.5, 0.6) is 0 Å². The van der Waals surface area contributed by atoms with Crippen LogP contribution < -0.4 is 10.5 Å². The number of nitrogens with one attached hydrogen (secondary N) is 1. The number of sulfonamides is 1. The fourth-order valence-corrected chi connectivity index (χ4v) is 3.69. The molecule has 2 aromatic rings. The molecule has 0 aliphatic rings. The Morgan fingerprint density at radius 1 is 1.50 bits per heavy atom. The topological polar surface area (TPSA) is 90.0 Å². The van der Waals surface area contributed by atoms with Crippen molar-refractivity contribution in [2.24, 2.45) is 5.73 Å². The summed E-state index contributed by atoms with van der Waals surface area (Å²) in [6.45, 7) is 1.15. The van der Waals surface area contributed by atoms with E-state index in [1.807, 2.05) is 0 Å². The molecule has 6 nitrogen and oxygen atoms in total. The normalized spacial score (nSPS) is 11.8. The quantitative estimate of drug-likeness (QED) is 0.803. The molecular weight excluding hydrogens is 272 g/mol. The second-order valence-corrected chi connectivity index (χ2v) is 6.55. The van der Waals surface area contributed by atoms with Crippen LogP contribution in [0.1, 0.15) is 5.56 Å². The smallest absolute Gasteiger partial charge is 0.250 e. The van der Waals surface area contributed by atoms with E-state index < -0.39 is 10.0 Å². The monoisotopic (exact) mass is 286 g/mol. The van der Waals surface area contributed by atoms with Crippen molar-refractivity contribution in [3.8, 4) is 0 Å². The minimum atomic E-state index is -3.43. The highest BCUT2D eigenvalue weighted by Gasteiger charge is 2.15. The van der Waals surface area contributed by atoms with Crippen LogP contribution in [0.2, 0.25) is 0 Å². The Bertz CT molecular complexity index is 589. The van der Waals surface area contributed by atoms with Crippen molar-refractivity contribution in [3.63, 3.8) is 0 Å². The highest BCUT2D eigenvalue weighted by molar-refractivity contribution is 7.91. The molecule has 8 heteroatoms. The van der Waals surface area contributed by atoms with Crippen LogP contribution in [0.4, 0.5) is 0 Å². The van der Waals surface area contributed by atoms with Crippen molar-refractivity contribution < 1.29 is 8.42 Å². The summed E-state index contributed by atoms with van der Waals surface area (Å²) in [6, 6.07) is 3.39. The molecule has 0 fully saturated rings. The van der Waals surface area contributed by atoms with Gasteiger partial charge in [-0.05, 0) is 23.1 Å². The minimum Gasteiger partial charge on any atom is -0.326 e. The van der Waals surface area contributed by atoms with E-state index in [-0.39, 0.29) is 0 Å². The van der Waals surface area contributed by atoms with Crippen LogP contribution in [-0.4, -0.2) is 24.7 Å². The Hall–Kier alpha value is -1.22. The Balaban J connectivity index is 1.95. The summed E-state index contributed by atoms with van der Waals surface area (Å²) in [6.07, 6.45) is 3.44. The van der Waals surface area contributed by atoms with Crippen LogP contribution in [0.3, 0.4) is 0 Å². The maximum Gasteiger partial charge on any atom is 0.250 e. The van der Waals surface area contributed by atoms with Gasteiger partial charge in [0.1, 0.15) is 4.21 Å². The number of nitrogens with zero attached hydrogens (tertiary/aromatic N) is 2. The predicted octanol–water partition coefficient (Wildman–Crippen LogP) is 0.382. The summed E-state index contributed by atoms with van der Waals surface area (Å²) in [4.78, 5) is 0. The first kappa shape index (κ1) is 13.2. The van der Waals surface area contributed by atoms with E-state index in [9.17, 15) is 8.42 Å². The Morgan fingerprint density at radius 3 is 2.94 bits per heavy atom. The van der Waals surface area contributed by atoms with Gasteiger partial charge < -0.3 is 5.73 Å². The van der Waals surface area contributed by atoms with Gasteiger partial charge in [0.05, 0.1) is 6.54 Å². The molecule has 0 spiro atoms. The molecule has 2 heterocycles. The Kier molecular flexibility index (Phi) is 4.12. The van der Waals surface area contributed by atoms with E-state index in [2.05, 4.69) is 9.82 Å². The van der Waals surface area contributed by atoms with Gasteiger partial charge >= 0.3 is 0 Å². The molecule has 18 heavy (non-hydrogen) atoms. The standard InChI is InChI=1S/C10H14N4O2S2/c11-7-9-6-10(17-8-9)18(15,16)13-3-5-14-4-1-2-12-14/h1-2,4,6,8,13H,3,5,7,11H2. The fourth-order valence-electron chi connectivity index (χ4n) is 1.40. The number of rotatable bonds is 6. The third-order valence-corrected chi connectivity index (χ3v) is 5.27. The zero-order chi connectivity index (χ0) is 13.0. The van der Waals surface area contributed by atoms with Crippen LogP contribution in [0.15, 0.2) is 34.1 Å². The average molecular weight is 286 g/mol. The molecule has 0 saturated carbocycles.